The third-order valence-electron chi connectivity index (χ3n) is 7.06. The summed E-state index contributed by atoms with van der Waals surface area (Å²) in [6.07, 6.45) is -6.43. The number of ether oxygens (including phenoxy) is 2. The molecular formula is C20H22N10O12P2S2. The number of nitrogens with two attached hydrogens (primary N) is 2. The average Bonchev–Trinajstić information content (AvgIpc) is 3.72. The lowest BCUT2D eigenvalue weighted by molar-refractivity contribution is -0.0490. The molecule has 246 valence electrons. The van der Waals surface area contributed by atoms with Crippen LogP contribution in [0.2, 0.25) is 0 Å². The zero-order chi connectivity index (χ0) is 32.7. The van der Waals surface area contributed by atoms with Gasteiger partial charge in [0.05, 0.1) is 12.9 Å². The van der Waals surface area contributed by atoms with E-state index in [0.717, 1.165) is 6.33 Å². The average molecular weight is 721 g/mol. The van der Waals surface area contributed by atoms with Crippen molar-refractivity contribution in [2.24, 2.45) is 0 Å². The first-order valence-electron chi connectivity index (χ1n) is 12.9. The summed E-state index contributed by atoms with van der Waals surface area (Å²) in [6, 6.07) is 0. The van der Waals surface area contributed by atoms with Gasteiger partial charge in [-0.15, -0.1) is 0 Å². The number of aromatic nitrogens is 8. The van der Waals surface area contributed by atoms with E-state index in [1.165, 1.54) is 15.5 Å². The second-order valence-electron chi connectivity index (χ2n) is 10.0. The minimum absolute atomic E-state index is 0.0340. The molecule has 7 rings (SSSR count). The highest BCUT2D eigenvalue weighted by atomic mass is 32.5. The highest BCUT2D eigenvalue weighted by Gasteiger charge is 2.50. The Kier molecular flexibility index (Phi) is 7.54. The van der Waals surface area contributed by atoms with Crippen LogP contribution in [0.1, 0.15) is 12.5 Å². The van der Waals surface area contributed by atoms with E-state index in [9.17, 15) is 29.6 Å². The van der Waals surface area contributed by atoms with Crippen molar-refractivity contribution in [1.29, 1.82) is 0 Å². The fourth-order valence-corrected chi connectivity index (χ4v) is 7.73. The number of aromatic amines is 2. The Morgan fingerprint density at radius 1 is 0.913 bits per heavy atom. The Balaban J connectivity index is 1.18. The SMILES string of the molecule is Nc1nc2c(ncn2[C@@H]2OC3=C(OP(O)(=S)OC[C@H]4O[C@@H](n5cnc6c(=O)[nH]c(N)nc65)C(O)C4OP(O)(=S)OC3)C2O)c(=O)[nH]1. The lowest BCUT2D eigenvalue weighted by Gasteiger charge is -2.27. The van der Waals surface area contributed by atoms with Crippen LogP contribution >= 0.6 is 13.4 Å². The standard InChI is InChI=1S/C20H22N10O12P2S2/c21-19-25-13-7(15(33)27-19)23-3-29(13)17-9(31)11-5(39-17)1-37-43(35,45)42-12-6(2-38-44(36,46)41-11)40-18(10(12)32)30-4-24-8-14(30)26-20(22)28-16(8)34/h3-5,9-11,17-18,31-32H,1-2H2,(H,35,45)(H,36,46)(H3,21,25,27,33)(H3,22,26,28,34)/t5-,9?,10?,11?,17-,18-,43?,44?/m1/s1. The summed E-state index contributed by atoms with van der Waals surface area (Å²) in [5.74, 6) is -1.18. The Bertz CT molecular complexity index is 2040. The topological polar surface area (TPSA) is 315 Å². The Morgan fingerprint density at radius 2 is 1.50 bits per heavy atom. The second kappa shape index (κ2) is 11.1. The van der Waals surface area contributed by atoms with Gasteiger partial charge in [0.2, 0.25) is 18.1 Å². The van der Waals surface area contributed by atoms with Crippen LogP contribution in [0.25, 0.3) is 22.3 Å². The summed E-state index contributed by atoms with van der Waals surface area (Å²) >= 11 is 10.4. The summed E-state index contributed by atoms with van der Waals surface area (Å²) in [6.45, 7) is -9.80. The molecule has 8 atom stereocenters. The molecule has 1 fully saturated rings. The van der Waals surface area contributed by atoms with E-state index in [-0.39, 0.29) is 40.0 Å². The molecule has 3 aliphatic rings. The molecule has 4 aromatic heterocycles. The predicted molar refractivity (Wildman–Crippen MR) is 159 cm³/mol. The van der Waals surface area contributed by atoms with Gasteiger partial charge in [0.25, 0.3) is 11.1 Å². The highest BCUT2D eigenvalue weighted by molar-refractivity contribution is 8.07. The van der Waals surface area contributed by atoms with E-state index in [1.54, 1.807) is 0 Å². The van der Waals surface area contributed by atoms with Gasteiger partial charge >= 0.3 is 13.4 Å². The van der Waals surface area contributed by atoms with Crippen molar-refractivity contribution < 1.29 is 47.6 Å². The molecular weight excluding hydrogens is 698 g/mol. The Hall–Kier alpha value is -3.38. The number of nitrogens with zero attached hydrogens (tertiary/aromatic N) is 6. The van der Waals surface area contributed by atoms with Crippen LogP contribution in [0.15, 0.2) is 33.8 Å². The molecule has 10 N–H and O–H groups in total. The fourth-order valence-electron chi connectivity index (χ4n) is 5.10. The number of aliphatic hydroxyl groups is 2. The number of imidazole rings is 2. The van der Waals surface area contributed by atoms with E-state index in [1.807, 2.05) is 0 Å². The number of aliphatic hydroxyl groups excluding tert-OH is 2. The Labute approximate surface area is 264 Å². The lowest BCUT2D eigenvalue weighted by Crippen LogP contribution is -2.36. The number of H-pyrrole nitrogens is 2. The molecule has 0 amide bonds. The molecule has 5 unspecified atom stereocenters. The van der Waals surface area contributed by atoms with Crippen molar-refractivity contribution in [1.82, 2.24) is 39.0 Å². The molecule has 1 saturated heterocycles. The summed E-state index contributed by atoms with van der Waals surface area (Å²) in [5.41, 5.74) is 9.75. The summed E-state index contributed by atoms with van der Waals surface area (Å²) in [4.78, 5) is 67.1. The summed E-state index contributed by atoms with van der Waals surface area (Å²) in [7, 11) is 0. The van der Waals surface area contributed by atoms with E-state index in [0.29, 0.717) is 0 Å². The number of anilines is 2. The number of hydrogen-bond acceptors (Lipinski definition) is 18. The minimum atomic E-state index is -4.27. The number of nitrogens with one attached hydrogen (secondary N) is 2. The van der Waals surface area contributed by atoms with Gasteiger partial charge in [0.1, 0.15) is 31.2 Å². The van der Waals surface area contributed by atoms with Gasteiger partial charge in [-0.2, -0.15) is 9.97 Å². The number of fused-ring (bicyclic) bond motifs is 3. The predicted octanol–water partition coefficient (Wildman–Crippen LogP) is -2.34. The molecule has 3 aliphatic heterocycles. The van der Waals surface area contributed by atoms with Crippen LogP contribution in [0.3, 0.4) is 0 Å². The first-order valence-corrected chi connectivity index (χ1v) is 18.1. The highest BCUT2D eigenvalue weighted by Crippen LogP contribution is 2.54. The van der Waals surface area contributed by atoms with Crippen molar-refractivity contribution in [2.75, 3.05) is 24.7 Å². The normalized spacial score (nSPS) is 33.7. The van der Waals surface area contributed by atoms with Gasteiger partial charge in [-0.25, -0.2) is 9.97 Å². The van der Waals surface area contributed by atoms with Crippen LogP contribution in [-0.4, -0.2) is 96.7 Å². The zero-order valence-electron chi connectivity index (χ0n) is 22.6. The summed E-state index contributed by atoms with van der Waals surface area (Å²) < 4.78 is 36.3. The largest absolute Gasteiger partial charge is 0.465 e. The maximum Gasteiger partial charge on any atom is 0.377 e. The monoisotopic (exact) mass is 720 g/mol. The molecule has 0 saturated carbocycles. The van der Waals surface area contributed by atoms with E-state index < -0.39 is 80.4 Å². The van der Waals surface area contributed by atoms with Crippen LogP contribution in [0.5, 0.6) is 0 Å². The van der Waals surface area contributed by atoms with E-state index in [2.05, 4.69) is 29.9 Å². The molecule has 22 nitrogen and oxygen atoms in total. The van der Waals surface area contributed by atoms with Gasteiger partial charge in [-0.05, 0) is 11.8 Å². The molecule has 7 heterocycles. The molecule has 0 spiro atoms. The van der Waals surface area contributed by atoms with Crippen molar-refractivity contribution >= 4 is 71.3 Å². The van der Waals surface area contributed by atoms with Gasteiger partial charge in [0, 0.05) is 11.8 Å². The minimum Gasteiger partial charge on any atom is -0.465 e. The molecule has 26 heteroatoms. The molecule has 0 bridgehead atoms. The van der Waals surface area contributed by atoms with Crippen LogP contribution in [0.4, 0.5) is 11.9 Å². The first kappa shape index (κ1) is 31.2. The van der Waals surface area contributed by atoms with Crippen LogP contribution in [-0.2, 0) is 51.2 Å². The van der Waals surface area contributed by atoms with Crippen molar-refractivity contribution in [3.05, 3.63) is 44.9 Å². The smallest absolute Gasteiger partial charge is 0.377 e. The Morgan fingerprint density at radius 3 is 2.11 bits per heavy atom. The lowest BCUT2D eigenvalue weighted by atomic mass is 10.1. The molecule has 4 aromatic rings. The second-order valence-corrected chi connectivity index (χ2v) is 15.6. The molecule has 0 radical (unpaired) electrons. The van der Waals surface area contributed by atoms with E-state index >= 15 is 0 Å². The van der Waals surface area contributed by atoms with Gasteiger partial charge < -0.3 is 50.0 Å². The van der Waals surface area contributed by atoms with Crippen molar-refractivity contribution in [3.63, 3.8) is 0 Å². The third-order valence-corrected chi connectivity index (χ3v) is 10.0. The van der Waals surface area contributed by atoms with Gasteiger partial charge in [0.15, 0.2) is 46.2 Å². The van der Waals surface area contributed by atoms with Crippen LogP contribution in [0, 0.1) is 0 Å². The van der Waals surface area contributed by atoms with E-state index in [4.69, 9.17) is 62.6 Å². The summed E-state index contributed by atoms with van der Waals surface area (Å²) in [5, 5.41) is 22.5. The van der Waals surface area contributed by atoms with Crippen molar-refractivity contribution in [3.8, 4) is 0 Å². The molecule has 0 aromatic carbocycles. The van der Waals surface area contributed by atoms with Gasteiger partial charge in [-0.3, -0.25) is 37.7 Å². The van der Waals surface area contributed by atoms with Crippen LogP contribution < -0.4 is 22.6 Å². The quantitative estimate of drug-likeness (QED) is 0.101. The third kappa shape index (κ3) is 5.40. The number of hydrogen-bond donors (Lipinski definition) is 8. The molecule has 0 aliphatic carbocycles. The molecule has 46 heavy (non-hydrogen) atoms. The number of rotatable bonds is 2. The maximum absolute atomic E-state index is 12.3. The van der Waals surface area contributed by atoms with Crippen molar-refractivity contribution in [2.45, 2.75) is 36.9 Å². The zero-order valence-corrected chi connectivity index (χ0v) is 26.1. The van der Waals surface area contributed by atoms with Gasteiger partial charge in [-0.1, -0.05) is 0 Å². The number of nitrogen functional groups attached to an aromatic ring is 2. The first-order chi connectivity index (χ1) is 21.7. The fraction of sp³-hybridized carbons (Fsp3) is 0.400. The maximum atomic E-state index is 12.3.